The molecule has 0 aliphatic rings. The number of aliphatic hydroxyl groups is 2. The molecule has 0 rings (SSSR count). The van der Waals surface area contributed by atoms with E-state index < -0.39 is 6.10 Å². The maximum absolute atomic E-state index is 8.99. The van der Waals surface area contributed by atoms with Crippen LogP contribution in [0.2, 0.25) is 0 Å². The van der Waals surface area contributed by atoms with Crippen molar-refractivity contribution in [1.29, 1.82) is 0 Å². The summed E-state index contributed by atoms with van der Waals surface area (Å²) in [5, 5.41) is 17.5. The molecule has 3 nitrogen and oxygen atoms in total. The zero-order valence-corrected chi connectivity index (χ0v) is 9.41. The zero-order chi connectivity index (χ0) is 10.8. The SMILES string of the molecule is CCCCC(C)CCOCC(O)CO. The molecule has 0 saturated carbocycles. The van der Waals surface area contributed by atoms with Crippen LogP contribution in [0.15, 0.2) is 0 Å². The van der Waals surface area contributed by atoms with Crippen molar-refractivity contribution in [2.75, 3.05) is 19.8 Å². The highest BCUT2D eigenvalue weighted by Gasteiger charge is 2.04. The molecule has 0 aromatic heterocycles. The molecule has 0 aromatic carbocycles. The minimum absolute atomic E-state index is 0.217. The molecule has 14 heavy (non-hydrogen) atoms. The lowest BCUT2D eigenvalue weighted by atomic mass is 10.0. The summed E-state index contributed by atoms with van der Waals surface area (Å²) in [5.41, 5.74) is 0. The number of hydrogen-bond donors (Lipinski definition) is 2. The van der Waals surface area contributed by atoms with E-state index in [1.165, 1.54) is 19.3 Å². The topological polar surface area (TPSA) is 49.7 Å². The van der Waals surface area contributed by atoms with Crippen LogP contribution in [0.5, 0.6) is 0 Å². The van der Waals surface area contributed by atoms with Crippen LogP contribution in [0.3, 0.4) is 0 Å². The van der Waals surface area contributed by atoms with Crippen molar-refractivity contribution >= 4 is 0 Å². The first-order chi connectivity index (χ1) is 6.70. The van der Waals surface area contributed by atoms with Gasteiger partial charge in [0.25, 0.3) is 0 Å². The molecule has 0 amide bonds. The lowest BCUT2D eigenvalue weighted by Gasteiger charge is -2.12. The summed E-state index contributed by atoms with van der Waals surface area (Å²) in [5.74, 6) is 0.696. The van der Waals surface area contributed by atoms with E-state index in [1.807, 2.05) is 0 Å². The predicted octanol–water partition coefficient (Wildman–Crippen LogP) is 1.57. The Morgan fingerprint density at radius 2 is 2.00 bits per heavy atom. The van der Waals surface area contributed by atoms with Gasteiger partial charge in [0.2, 0.25) is 0 Å². The molecule has 3 heteroatoms. The minimum atomic E-state index is -0.721. The molecule has 2 atom stereocenters. The van der Waals surface area contributed by atoms with Gasteiger partial charge in [0.15, 0.2) is 0 Å². The third-order valence-electron chi connectivity index (χ3n) is 2.33. The van der Waals surface area contributed by atoms with Crippen molar-refractivity contribution < 1.29 is 14.9 Å². The van der Waals surface area contributed by atoms with E-state index in [4.69, 9.17) is 14.9 Å². The van der Waals surface area contributed by atoms with E-state index in [-0.39, 0.29) is 13.2 Å². The summed E-state index contributed by atoms with van der Waals surface area (Å²) in [7, 11) is 0. The fraction of sp³-hybridized carbons (Fsp3) is 1.00. The third kappa shape index (κ3) is 8.48. The van der Waals surface area contributed by atoms with E-state index in [1.54, 1.807) is 0 Å². The monoisotopic (exact) mass is 204 g/mol. The van der Waals surface area contributed by atoms with Crippen molar-refractivity contribution in [1.82, 2.24) is 0 Å². The first-order valence-corrected chi connectivity index (χ1v) is 5.57. The van der Waals surface area contributed by atoms with Crippen LogP contribution in [0, 0.1) is 5.92 Å². The second-order valence-electron chi connectivity index (χ2n) is 3.95. The van der Waals surface area contributed by atoms with Gasteiger partial charge >= 0.3 is 0 Å². The van der Waals surface area contributed by atoms with Gasteiger partial charge in [-0.05, 0) is 12.3 Å². The first kappa shape index (κ1) is 13.9. The lowest BCUT2D eigenvalue weighted by molar-refractivity contribution is 0.00297. The second kappa shape index (κ2) is 9.44. The van der Waals surface area contributed by atoms with Crippen molar-refractivity contribution in [3.63, 3.8) is 0 Å². The van der Waals surface area contributed by atoms with Crippen LogP contribution >= 0.6 is 0 Å². The van der Waals surface area contributed by atoms with Crippen LogP contribution in [0.25, 0.3) is 0 Å². The van der Waals surface area contributed by atoms with Crippen LogP contribution in [0.4, 0.5) is 0 Å². The number of rotatable bonds is 9. The normalized spacial score (nSPS) is 15.4. The molecule has 0 spiro atoms. The van der Waals surface area contributed by atoms with Gasteiger partial charge in [-0.3, -0.25) is 0 Å². The molecule has 0 heterocycles. The molecule has 86 valence electrons. The van der Waals surface area contributed by atoms with Gasteiger partial charge < -0.3 is 14.9 Å². The number of ether oxygens (including phenoxy) is 1. The molecular weight excluding hydrogens is 180 g/mol. The van der Waals surface area contributed by atoms with Gasteiger partial charge in [0.05, 0.1) is 13.2 Å². The summed E-state index contributed by atoms with van der Waals surface area (Å²) < 4.78 is 5.23. The molecule has 0 aliphatic carbocycles. The highest BCUT2D eigenvalue weighted by atomic mass is 16.5. The van der Waals surface area contributed by atoms with Crippen molar-refractivity contribution in [2.24, 2.45) is 5.92 Å². The quantitative estimate of drug-likeness (QED) is 0.561. The van der Waals surface area contributed by atoms with Crippen LogP contribution in [-0.4, -0.2) is 36.1 Å². The van der Waals surface area contributed by atoms with E-state index in [9.17, 15) is 0 Å². The Labute approximate surface area is 87.1 Å². The smallest absolute Gasteiger partial charge is 0.100 e. The Bertz CT molecular complexity index is 117. The molecular formula is C11H24O3. The summed E-state index contributed by atoms with van der Waals surface area (Å²) in [6, 6.07) is 0. The molecule has 0 aliphatic heterocycles. The average Bonchev–Trinajstić information content (AvgIpc) is 2.21. The third-order valence-corrected chi connectivity index (χ3v) is 2.33. The Morgan fingerprint density at radius 3 is 2.57 bits per heavy atom. The number of unbranched alkanes of at least 4 members (excludes halogenated alkanes) is 1. The molecule has 0 radical (unpaired) electrons. The second-order valence-corrected chi connectivity index (χ2v) is 3.95. The van der Waals surface area contributed by atoms with Crippen molar-refractivity contribution in [2.45, 2.75) is 45.6 Å². The molecule has 0 fully saturated rings. The zero-order valence-electron chi connectivity index (χ0n) is 9.41. The summed E-state index contributed by atoms with van der Waals surface area (Å²) in [6.07, 6.45) is 4.09. The maximum Gasteiger partial charge on any atom is 0.100 e. The van der Waals surface area contributed by atoms with Gasteiger partial charge in [-0.25, -0.2) is 0 Å². The first-order valence-electron chi connectivity index (χ1n) is 5.57. The molecule has 0 saturated heterocycles. The van der Waals surface area contributed by atoms with E-state index in [2.05, 4.69) is 13.8 Å². The van der Waals surface area contributed by atoms with Crippen LogP contribution in [-0.2, 0) is 4.74 Å². The lowest BCUT2D eigenvalue weighted by Crippen LogP contribution is -2.20. The Kier molecular flexibility index (Phi) is 9.35. The highest BCUT2D eigenvalue weighted by Crippen LogP contribution is 2.11. The number of hydrogen-bond acceptors (Lipinski definition) is 3. The summed E-state index contributed by atoms with van der Waals surface area (Å²) in [6.45, 7) is 5.13. The maximum atomic E-state index is 8.99. The van der Waals surface area contributed by atoms with Crippen LogP contribution < -0.4 is 0 Å². The van der Waals surface area contributed by atoms with Gasteiger partial charge in [-0.15, -0.1) is 0 Å². The highest BCUT2D eigenvalue weighted by molar-refractivity contribution is 4.54. The van der Waals surface area contributed by atoms with Gasteiger partial charge in [-0.2, -0.15) is 0 Å². The predicted molar refractivity (Wildman–Crippen MR) is 57.2 cm³/mol. The largest absolute Gasteiger partial charge is 0.394 e. The fourth-order valence-corrected chi connectivity index (χ4v) is 1.25. The standard InChI is InChI=1S/C11H24O3/c1-3-4-5-10(2)6-7-14-9-11(13)8-12/h10-13H,3-9H2,1-2H3. The van der Waals surface area contributed by atoms with Gasteiger partial charge in [-0.1, -0.05) is 33.1 Å². The number of aliphatic hydroxyl groups excluding tert-OH is 2. The van der Waals surface area contributed by atoms with E-state index >= 15 is 0 Å². The van der Waals surface area contributed by atoms with Gasteiger partial charge in [0.1, 0.15) is 6.10 Å². The molecule has 0 bridgehead atoms. The van der Waals surface area contributed by atoms with Crippen molar-refractivity contribution in [3.05, 3.63) is 0 Å². The Morgan fingerprint density at radius 1 is 1.29 bits per heavy atom. The average molecular weight is 204 g/mol. The summed E-state index contributed by atoms with van der Waals surface area (Å²) in [4.78, 5) is 0. The van der Waals surface area contributed by atoms with Crippen LogP contribution in [0.1, 0.15) is 39.5 Å². The minimum Gasteiger partial charge on any atom is -0.394 e. The molecule has 2 N–H and O–H groups in total. The van der Waals surface area contributed by atoms with E-state index in [0.717, 1.165) is 6.42 Å². The molecule has 2 unspecified atom stereocenters. The Balaban J connectivity index is 3.18. The van der Waals surface area contributed by atoms with Crippen molar-refractivity contribution in [3.8, 4) is 0 Å². The fourth-order valence-electron chi connectivity index (χ4n) is 1.25. The Hall–Kier alpha value is -0.120. The van der Waals surface area contributed by atoms with Gasteiger partial charge in [0, 0.05) is 6.61 Å². The van der Waals surface area contributed by atoms with E-state index in [0.29, 0.717) is 12.5 Å². The molecule has 0 aromatic rings. The summed E-state index contributed by atoms with van der Waals surface area (Å²) >= 11 is 0.